The highest BCUT2D eigenvalue weighted by atomic mass is 19.3. The Kier molecular flexibility index (Phi) is 5.60. The van der Waals surface area contributed by atoms with Gasteiger partial charge in [-0.05, 0) is 25.3 Å². The number of ether oxygens (including phenoxy) is 1. The molecule has 146 valence electrons. The van der Waals surface area contributed by atoms with Crippen molar-refractivity contribution in [2.24, 2.45) is 5.92 Å². The maximum atomic E-state index is 13.7. The second-order valence-electron chi connectivity index (χ2n) is 7.09. The van der Waals surface area contributed by atoms with E-state index in [0.29, 0.717) is 18.5 Å². The summed E-state index contributed by atoms with van der Waals surface area (Å²) in [6, 6.07) is 8.23. The van der Waals surface area contributed by atoms with E-state index < -0.39 is 29.8 Å². The van der Waals surface area contributed by atoms with Crippen molar-refractivity contribution < 1.29 is 23.4 Å². The van der Waals surface area contributed by atoms with Crippen LogP contribution in [0.3, 0.4) is 0 Å². The van der Waals surface area contributed by atoms with E-state index in [-0.39, 0.29) is 19.4 Å². The fraction of sp³-hybridized carbons (Fsp3) is 0.500. The van der Waals surface area contributed by atoms with Gasteiger partial charge in [0.05, 0.1) is 6.61 Å². The molecule has 2 aromatic rings. The first-order chi connectivity index (χ1) is 12.8. The van der Waals surface area contributed by atoms with Crippen LogP contribution in [0.2, 0.25) is 0 Å². The summed E-state index contributed by atoms with van der Waals surface area (Å²) < 4.78 is 34.7. The number of aliphatic hydroxyl groups is 1. The molecule has 1 heterocycles. The highest BCUT2D eigenvalue weighted by Gasteiger charge is 2.54. The number of hydrogen-bond donors (Lipinski definition) is 1. The van der Waals surface area contributed by atoms with Crippen molar-refractivity contribution in [2.75, 3.05) is 6.61 Å². The molecule has 0 radical (unpaired) electrons. The molecule has 0 unspecified atom stereocenters. The van der Waals surface area contributed by atoms with Crippen LogP contribution in [0.1, 0.15) is 37.1 Å². The zero-order valence-corrected chi connectivity index (χ0v) is 15.3. The molecule has 0 spiro atoms. The fourth-order valence-corrected chi connectivity index (χ4v) is 3.67. The summed E-state index contributed by atoms with van der Waals surface area (Å²) in [6.45, 7) is 2.58. The molecule has 1 aromatic carbocycles. The molecule has 7 heteroatoms. The number of benzene rings is 1. The van der Waals surface area contributed by atoms with Crippen LogP contribution in [0.25, 0.3) is 0 Å². The van der Waals surface area contributed by atoms with E-state index >= 15 is 0 Å². The van der Waals surface area contributed by atoms with Gasteiger partial charge in [0.1, 0.15) is 5.82 Å². The lowest BCUT2D eigenvalue weighted by atomic mass is 9.80. The number of esters is 1. The van der Waals surface area contributed by atoms with Crippen LogP contribution in [-0.4, -0.2) is 33.2 Å². The van der Waals surface area contributed by atoms with Crippen LogP contribution in [0.4, 0.5) is 8.78 Å². The van der Waals surface area contributed by atoms with Gasteiger partial charge in [-0.3, -0.25) is 0 Å². The normalized spacial score (nSPS) is 21.0. The van der Waals surface area contributed by atoms with Gasteiger partial charge in [-0.25, -0.2) is 18.6 Å². The monoisotopic (exact) mass is 378 g/mol. The molecule has 1 N–H and O–H groups in total. The van der Waals surface area contributed by atoms with Crippen LogP contribution in [0.5, 0.6) is 0 Å². The molecule has 1 aromatic heterocycles. The first kappa shape index (κ1) is 19.5. The van der Waals surface area contributed by atoms with E-state index in [1.807, 2.05) is 17.7 Å². The van der Waals surface area contributed by atoms with Gasteiger partial charge in [-0.2, -0.15) is 0 Å². The molecule has 1 saturated carbocycles. The third-order valence-corrected chi connectivity index (χ3v) is 5.22. The minimum Gasteiger partial charge on any atom is -0.463 e. The van der Waals surface area contributed by atoms with E-state index in [9.17, 15) is 18.7 Å². The quantitative estimate of drug-likeness (QED) is 0.592. The number of carbonyl (C=O) groups excluding carboxylic acids is 1. The second-order valence-corrected chi connectivity index (χ2v) is 7.09. The Hall–Kier alpha value is -2.28. The van der Waals surface area contributed by atoms with Gasteiger partial charge in [0.25, 0.3) is 0 Å². The van der Waals surface area contributed by atoms with Crippen molar-refractivity contribution >= 4 is 5.97 Å². The number of aryl methyl sites for hydroxylation is 2. The smallest absolute Gasteiger partial charge is 0.343 e. The van der Waals surface area contributed by atoms with Crippen LogP contribution in [-0.2, 0) is 21.7 Å². The van der Waals surface area contributed by atoms with Crippen molar-refractivity contribution in [3.05, 3.63) is 54.1 Å². The average Bonchev–Trinajstić information content (AvgIpc) is 3.23. The molecule has 1 aliphatic rings. The standard InChI is InChI=1S/C20H24F2N2O3/c1-15-23-10-12-24(15)11-5-13-27-18(25)20(26,16-6-3-2-4-7-16)17-8-9-19(21,22)14-17/h2-4,6-7,10,12,17,26H,5,8-9,11,13-14H2,1H3/t17-,20-/m0/s1. The molecule has 0 amide bonds. The molecular weight excluding hydrogens is 354 g/mol. The number of halogens is 2. The topological polar surface area (TPSA) is 64.4 Å². The van der Waals surface area contributed by atoms with Crippen LogP contribution in [0, 0.1) is 12.8 Å². The zero-order chi connectivity index (χ0) is 19.5. The maximum Gasteiger partial charge on any atom is 0.343 e. The van der Waals surface area contributed by atoms with E-state index in [1.165, 1.54) is 0 Å². The molecule has 0 saturated heterocycles. The van der Waals surface area contributed by atoms with Gasteiger partial charge >= 0.3 is 5.97 Å². The van der Waals surface area contributed by atoms with Crippen molar-refractivity contribution in [2.45, 2.75) is 50.7 Å². The van der Waals surface area contributed by atoms with Crippen LogP contribution < -0.4 is 0 Å². The van der Waals surface area contributed by atoms with Crippen molar-refractivity contribution in [1.82, 2.24) is 9.55 Å². The lowest BCUT2D eigenvalue weighted by Crippen LogP contribution is -2.44. The summed E-state index contributed by atoms with van der Waals surface area (Å²) in [4.78, 5) is 16.9. The first-order valence-corrected chi connectivity index (χ1v) is 9.13. The Morgan fingerprint density at radius 3 is 2.74 bits per heavy atom. The molecule has 5 nitrogen and oxygen atoms in total. The predicted molar refractivity (Wildman–Crippen MR) is 95.2 cm³/mol. The van der Waals surface area contributed by atoms with Gasteiger partial charge in [0.2, 0.25) is 5.92 Å². The summed E-state index contributed by atoms with van der Waals surface area (Å²) in [5, 5.41) is 11.2. The number of carbonyl (C=O) groups is 1. The Balaban J connectivity index is 1.69. The highest BCUT2D eigenvalue weighted by Crippen LogP contribution is 2.47. The molecular formula is C20H24F2N2O3. The summed E-state index contributed by atoms with van der Waals surface area (Å²) in [5.41, 5.74) is -1.77. The maximum absolute atomic E-state index is 13.7. The SMILES string of the molecule is Cc1nccn1CCCOC(=O)[C@](O)(c1ccccc1)[C@H]1CCC(F)(F)C1. The average molecular weight is 378 g/mol. The fourth-order valence-electron chi connectivity index (χ4n) is 3.67. The number of nitrogens with zero attached hydrogens (tertiary/aromatic N) is 2. The molecule has 1 aliphatic carbocycles. The van der Waals surface area contributed by atoms with Crippen molar-refractivity contribution in [1.29, 1.82) is 0 Å². The van der Waals surface area contributed by atoms with Gasteiger partial charge in [0, 0.05) is 37.7 Å². The van der Waals surface area contributed by atoms with Crippen molar-refractivity contribution in [3.8, 4) is 0 Å². The molecule has 0 aliphatic heterocycles. The Morgan fingerprint density at radius 1 is 1.41 bits per heavy atom. The number of aromatic nitrogens is 2. The highest BCUT2D eigenvalue weighted by molar-refractivity contribution is 5.81. The molecule has 2 atom stereocenters. The second kappa shape index (κ2) is 7.76. The third-order valence-electron chi connectivity index (χ3n) is 5.22. The van der Waals surface area contributed by atoms with Gasteiger partial charge < -0.3 is 14.4 Å². The number of alkyl halides is 2. The summed E-state index contributed by atoms with van der Waals surface area (Å²) >= 11 is 0. The molecule has 0 bridgehead atoms. The van der Waals surface area contributed by atoms with Gasteiger partial charge in [-0.15, -0.1) is 0 Å². The van der Waals surface area contributed by atoms with Crippen LogP contribution >= 0.6 is 0 Å². The largest absolute Gasteiger partial charge is 0.463 e. The van der Waals surface area contributed by atoms with E-state index in [4.69, 9.17) is 4.74 Å². The summed E-state index contributed by atoms with van der Waals surface area (Å²) in [6.07, 6.45) is 3.27. The van der Waals surface area contributed by atoms with Gasteiger partial charge in [-0.1, -0.05) is 30.3 Å². The predicted octanol–water partition coefficient (Wildman–Crippen LogP) is 3.45. The Labute approximate surface area is 157 Å². The molecule has 27 heavy (non-hydrogen) atoms. The third kappa shape index (κ3) is 4.18. The lowest BCUT2D eigenvalue weighted by molar-refractivity contribution is -0.175. The molecule has 3 rings (SSSR count). The number of rotatable bonds is 7. The van der Waals surface area contributed by atoms with Crippen LogP contribution in [0.15, 0.2) is 42.7 Å². The van der Waals surface area contributed by atoms with E-state index in [2.05, 4.69) is 4.98 Å². The summed E-state index contributed by atoms with van der Waals surface area (Å²) in [5.74, 6) is -3.75. The Morgan fingerprint density at radius 2 is 2.15 bits per heavy atom. The van der Waals surface area contributed by atoms with Gasteiger partial charge in [0.15, 0.2) is 5.60 Å². The minimum absolute atomic E-state index is 0.0712. The zero-order valence-electron chi connectivity index (χ0n) is 15.3. The van der Waals surface area contributed by atoms with E-state index in [1.54, 1.807) is 36.5 Å². The molecule has 1 fully saturated rings. The van der Waals surface area contributed by atoms with E-state index in [0.717, 1.165) is 5.82 Å². The summed E-state index contributed by atoms with van der Waals surface area (Å²) in [7, 11) is 0. The Bertz CT molecular complexity index is 779. The van der Waals surface area contributed by atoms with Crippen molar-refractivity contribution in [3.63, 3.8) is 0 Å². The number of imidazole rings is 1. The number of hydrogen-bond acceptors (Lipinski definition) is 4. The first-order valence-electron chi connectivity index (χ1n) is 9.13. The lowest BCUT2D eigenvalue weighted by Gasteiger charge is -2.32. The minimum atomic E-state index is -2.87.